The van der Waals surface area contributed by atoms with Crippen molar-refractivity contribution < 1.29 is 0 Å². The fraction of sp³-hybridized carbons (Fsp3) is 0.143. The Balaban J connectivity index is 1.76. The number of hydrogen-bond donors (Lipinski definition) is 2. The van der Waals surface area contributed by atoms with E-state index in [0.29, 0.717) is 11.4 Å². The number of benzene rings is 2. The van der Waals surface area contributed by atoms with Gasteiger partial charge in [0.25, 0.3) is 0 Å². The van der Waals surface area contributed by atoms with Gasteiger partial charge in [0.05, 0.1) is 0 Å². The lowest BCUT2D eigenvalue weighted by Gasteiger charge is -2.09. The maximum absolute atomic E-state index is 8.33. The fourth-order valence-electron chi connectivity index (χ4n) is 1.81. The van der Waals surface area contributed by atoms with Crippen LogP contribution in [0.2, 0.25) is 0 Å². The normalized spacial score (nSPS) is 9.27. The average Bonchev–Trinajstić information content (AvgIpc) is 2.55. The molecule has 8 heteroatoms. The number of rotatable bonds is 7. The zero-order valence-electron chi connectivity index (χ0n) is 11.7. The first kappa shape index (κ1) is 15.1. The molecule has 0 aliphatic carbocycles. The molecule has 22 heavy (non-hydrogen) atoms. The van der Waals surface area contributed by atoms with Crippen molar-refractivity contribution in [2.45, 2.75) is 0 Å². The number of anilines is 2. The number of nitrogens with one attached hydrogen (secondary N) is 2. The Morgan fingerprint density at radius 1 is 0.682 bits per heavy atom. The molecule has 8 nitrogen and oxygen atoms in total. The molecule has 0 spiro atoms. The molecule has 0 amide bonds. The molecule has 0 bridgehead atoms. The highest BCUT2D eigenvalue weighted by molar-refractivity contribution is 5.52. The van der Waals surface area contributed by atoms with Gasteiger partial charge in [0.1, 0.15) is 0 Å². The van der Waals surface area contributed by atoms with E-state index in [9.17, 15) is 0 Å². The Bertz CT molecular complexity index is 631. The molecule has 0 fully saturated rings. The monoisotopic (exact) mass is 294 g/mol. The summed E-state index contributed by atoms with van der Waals surface area (Å²) in [4.78, 5) is 5.46. The molecule has 2 N–H and O–H groups in total. The van der Waals surface area contributed by atoms with Crippen LogP contribution < -0.4 is 10.6 Å². The molecule has 2 rings (SSSR count). The Morgan fingerprint density at radius 3 is 1.36 bits per heavy atom. The van der Waals surface area contributed by atoms with Crippen LogP contribution in [0.3, 0.4) is 0 Å². The van der Waals surface area contributed by atoms with Gasteiger partial charge in [-0.1, -0.05) is 34.5 Å². The number of nitrogens with zero attached hydrogens (tertiary/aromatic N) is 6. The molecule has 0 aliphatic rings. The predicted molar refractivity (Wildman–Crippen MR) is 87.5 cm³/mol. The van der Waals surface area contributed by atoms with Crippen molar-refractivity contribution in [2.24, 2.45) is 10.2 Å². The molecule has 0 saturated carbocycles. The minimum Gasteiger partial charge on any atom is -0.383 e. The van der Waals surface area contributed by atoms with Crippen molar-refractivity contribution in [1.82, 2.24) is 0 Å². The second-order valence-electron chi connectivity index (χ2n) is 4.33. The van der Waals surface area contributed by atoms with E-state index in [1.807, 2.05) is 24.3 Å². The van der Waals surface area contributed by atoms with E-state index in [-0.39, 0.29) is 0 Å². The second-order valence-corrected chi connectivity index (χ2v) is 4.33. The van der Waals surface area contributed by atoms with Gasteiger partial charge in [-0.2, -0.15) is 0 Å². The largest absolute Gasteiger partial charge is 0.383 e. The van der Waals surface area contributed by atoms with Crippen LogP contribution in [0.1, 0.15) is 0 Å². The van der Waals surface area contributed by atoms with Crippen LogP contribution in [-0.4, -0.2) is 13.1 Å². The van der Waals surface area contributed by atoms with Crippen LogP contribution in [-0.2, 0) is 0 Å². The molecule has 0 aromatic heterocycles. The zero-order chi connectivity index (χ0) is 15.6. The van der Waals surface area contributed by atoms with E-state index in [1.54, 1.807) is 24.3 Å². The lowest BCUT2D eigenvalue weighted by Crippen LogP contribution is -2.13. The van der Waals surface area contributed by atoms with Gasteiger partial charge in [-0.05, 0) is 35.3 Å². The minimum atomic E-state index is 0.589. The predicted octanol–water partition coefficient (Wildman–Crippen LogP) is 5.09. The summed E-state index contributed by atoms with van der Waals surface area (Å²) in [7, 11) is 0. The fourth-order valence-corrected chi connectivity index (χ4v) is 1.81. The van der Waals surface area contributed by atoms with Crippen LogP contribution >= 0.6 is 0 Å². The van der Waals surface area contributed by atoms with Crippen LogP contribution in [0.15, 0.2) is 58.8 Å². The second kappa shape index (κ2) is 8.06. The molecular weight excluding hydrogens is 280 g/mol. The lowest BCUT2D eigenvalue weighted by molar-refractivity contribution is 1.08. The molecule has 0 aliphatic heterocycles. The third kappa shape index (κ3) is 4.64. The van der Waals surface area contributed by atoms with Gasteiger partial charge in [-0.25, -0.2) is 0 Å². The third-order valence-corrected chi connectivity index (χ3v) is 2.84. The summed E-state index contributed by atoms with van der Waals surface area (Å²) in [6.45, 7) is 1.47. The number of hydrogen-bond acceptors (Lipinski definition) is 4. The smallest absolute Gasteiger partial charge is 0.0376 e. The van der Waals surface area contributed by atoms with Crippen molar-refractivity contribution in [3.63, 3.8) is 0 Å². The molecule has 0 radical (unpaired) electrons. The Hall–Kier alpha value is -3.34. The van der Waals surface area contributed by atoms with Crippen molar-refractivity contribution in [3.05, 3.63) is 69.4 Å². The van der Waals surface area contributed by atoms with Crippen molar-refractivity contribution in [1.29, 1.82) is 0 Å². The standard InChI is InChI=1S/C14H14N8/c15-21-19-13-5-1-11(2-6-13)17-9-10-18-12-3-7-14(8-4-12)20-22-16/h1-8,17-18H,9-10H2. The minimum absolute atomic E-state index is 0.589. The molecule has 0 atom stereocenters. The van der Waals surface area contributed by atoms with Gasteiger partial charge in [-0.15, -0.1) is 0 Å². The van der Waals surface area contributed by atoms with Gasteiger partial charge < -0.3 is 10.6 Å². The zero-order valence-corrected chi connectivity index (χ0v) is 11.7. The van der Waals surface area contributed by atoms with Crippen molar-refractivity contribution in [2.75, 3.05) is 23.7 Å². The van der Waals surface area contributed by atoms with E-state index < -0.39 is 0 Å². The van der Waals surface area contributed by atoms with Crippen LogP contribution in [0.4, 0.5) is 22.7 Å². The van der Waals surface area contributed by atoms with Gasteiger partial charge in [0, 0.05) is 45.7 Å². The third-order valence-electron chi connectivity index (χ3n) is 2.84. The van der Waals surface area contributed by atoms with Crippen LogP contribution in [0.5, 0.6) is 0 Å². The Morgan fingerprint density at radius 2 is 1.05 bits per heavy atom. The lowest BCUT2D eigenvalue weighted by atomic mass is 10.3. The van der Waals surface area contributed by atoms with Gasteiger partial charge >= 0.3 is 0 Å². The van der Waals surface area contributed by atoms with E-state index in [1.165, 1.54) is 0 Å². The highest BCUT2D eigenvalue weighted by Crippen LogP contribution is 2.17. The quantitative estimate of drug-likeness (QED) is 0.319. The molecule has 0 unspecified atom stereocenters. The Kier molecular flexibility index (Phi) is 5.52. The molecule has 2 aromatic carbocycles. The maximum atomic E-state index is 8.33. The van der Waals surface area contributed by atoms with Gasteiger partial charge in [0.2, 0.25) is 0 Å². The van der Waals surface area contributed by atoms with Crippen LogP contribution in [0, 0.1) is 0 Å². The van der Waals surface area contributed by atoms with Crippen molar-refractivity contribution >= 4 is 22.7 Å². The van der Waals surface area contributed by atoms with Gasteiger partial charge in [0.15, 0.2) is 0 Å². The summed E-state index contributed by atoms with van der Waals surface area (Å²) < 4.78 is 0. The first-order chi connectivity index (χ1) is 10.8. The Labute approximate surface area is 127 Å². The molecule has 110 valence electrons. The summed E-state index contributed by atoms with van der Waals surface area (Å²) in [5.74, 6) is 0. The number of azide groups is 2. The topological polar surface area (TPSA) is 122 Å². The van der Waals surface area contributed by atoms with Crippen LogP contribution in [0.25, 0.3) is 20.9 Å². The molecule has 2 aromatic rings. The van der Waals surface area contributed by atoms with E-state index in [2.05, 4.69) is 30.7 Å². The molecule has 0 heterocycles. The summed E-state index contributed by atoms with van der Waals surface area (Å²) in [6.07, 6.45) is 0. The molecule has 0 saturated heterocycles. The van der Waals surface area contributed by atoms with Gasteiger partial charge in [-0.3, -0.25) is 0 Å². The van der Waals surface area contributed by atoms with Crippen molar-refractivity contribution in [3.8, 4) is 0 Å². The summed E-state index contributed by atoms with van der Waals surface area (Å²) in [5.41, 5.74) is 19.7. The maximum Gasteiger partial charge on any atom is 0.0376 e. The summed E-state index contributed by atoms with van der Waals surface area (Å²) in [6, 6.07) is 14.5. The molecular formula is C14H14N8. The van der Waals surface area contributed by atoms with E-state index >= 15 is 0 Å². The first-order valence-corrected chi connectivity index (χ1v) is 6.60. The van der Waals surface area contributed by atoms with E-state index in [0.717, 1.165) is 24.5 Å². The highest BCUT2D eigenvalue weighted by atomic mass is 15.1. The summed E-state index contributed by atoms with van der Waals surface area (Å²) in [5, 5.41) is 13.5. The van der Waals surface area contributed by atoms with E-state index in [4.69, 9.17) is 11.1 Å². The first-order valence-electron chi connectivity index (χ1n) is 6.60. The average molecular weight is 294 g/mol. The SMILES string of the molecule is [N-]=[N+]=Nc1ccc(NCCNc2ccc(N=[N+]=[N-])cc2)cc1. The summed E-state index contributed by atoms with van der Waals surface area (Å²) >= 11 is 0. The highest BCUT2D eigenvalue weighted by Gasteiger charge is 1.94.